The second kappa shape index (κ2) is 7.53. The molecule has 0 radical (unpaired) electrons. The van der Waals surface area contributed by atoms with Gasteiger partial charge in [-0.2, -0.15) is 0 Å². The van der Waals surface area contributed by atoms with E-state index in [0.29, 0.717) is 13.2 Å². The summed E-state index contributed by atoms with van der Waals surface area (Å²) in [5.74, 6) is 0.849. The van der Waals surface area contributed by atoms with Crippen molar-refractivity contribution in [1.82, 2.24) is 5.32 Å². The summed E-state index contributed by atoms with van der Waals surface area (Å²) in [7, 11) is 0. The fourth-order valence-corrected chi connectivity index (χ4v) is 2.00. The summed E-state index contributed by atoms with van der Waals surface area (Å²) < 4.78 is 11.8. The lowest BCUT2D eigenvalue weighted by molar-refractivity contribution is 0.0520. The van der Waals surface area contributed by atoms with E-state index in [0.717, 1.165) is 22.2 Å². The number of carbonyl (C=O) groups excluding carboxylic acids is 1. The number of aryl methyl sites for hydroxylation is 1. The molecule has 0 aliphatic heterocycles. The second-order valence-electron chi connectivity index (χ2n) is 5.38. The Morgan fingerprint density at radius 3 is 2.65 bits per heavy atom. The van der Waals surface area contributed by atoms with Gasteiger partial charge in [-0.15, -0.1) is 0 Å². The predicted molar refractivity (Wildman–Crippen MR) is 83.3 cm³/mol. The number of alkyl carbamates (subject to hydrolysis) is 1. The molecular weight excluding hydrogens is 322 g/mol. The van der Waals surface area contributed by atoms with Crippen molar-refractivity contribution in [3.05, 3.63) is 28.2 Å². The summed E-state index contributed by atoms with van der Waals surface area (Å²) in [6.45, 7) is 8.39. The highest BCUT2D eigenvalue weighted by molar-refractivity contribution is 9.10. The first-order chi connectivity index (χ1) is 9.31. The molecule has 1 amide bonds. The van der Waals surface area contributed by atoms with E-state index in [9.17, 15) is 4.79 Å². The van der Waals surface area contributed by atoms with Crippen molar-refractivity contribution < 1.29 is 14.3 Å². The molecule has 0 aliphatic carbocycles. The average Bonchev–Trinajstić information content (AvgIpc) is 2.33. The average molecular weight is 344 g/mol. The molecule has 0 unspecified atom stereocenters. The van der Waals surface area contributed by atoms with E-state index in [1.807, 2.05) is 39.0 Å². The molecule has 1 aromatic carbocycles. The van der Waals surface area contributed by atoms with Crippen molar-refractivity contribution in [2.45, 2.75) is 39.7 Å². The van der Waals surface area contributed by atoms with Gasteiger partial charge < -0.3 is 14.8 Å². The quantitative estimate of drug-likeness (QED) is 0.824. The Balaban J connectivity index is 2.36. The molecule has 0 atom stereocenters. The summed E-state index contributed by atoms with van der Waals surface area (Å²) in [6.07, 6.45) is 0.474. The zero-order chi connectivity index (χ0) is 15.2. The highest BCUT2D eigenvalue weighted by Gasteiger charge is 2.15. The van der Waals surface area contributed by atoms with Gasteiger partial charge in [0.05, 0.1) is 6.54 Å². The Kier molecular flexibility index (Phi) is 6.33. The molecule has 0 saturated heterocycles. The number of halogens is 1. The summed E-state index contributed by atoms with van der Waals surface area (Å²) >= 11 is 3.44. The van der Waals surface area contributed by atoms with Crippen molar-refractivity contribution in [2.75, 3.05) is 13.2 Å². The fourth-order valence-electron chi connectivity index (χ4n) is 1.59. The molecule has 0 aliphatic rings. The number of hydrogen-bond donors (Lipinski definition) is 1. The van der Waals surface area contributed by atoms with Crippen LogP contribution in [0.4, 0.5) is 4.79 Å². The highest BCUT2D eigenvalue weighted by atomic mass is 79.9. The zero-order valence-electron chi connectivity index (χ0n) is 12.5. The first-order valence-electron chi connectivity index (χ1n) is 6.70. The van der Waals surface area contributed by atoms with Crippen LogP contribution < -0.4 is 10.1 Å². The highest BCUT2D eigenvalue weighted by Crippen LogP contribution is 2.23. The first kappa shape index (κ1) is 16.8. The minimum absolute atomic E-state index is 0.411. The van der Waals surface area contributed by atoms with E-state index in [4.69, 9.17) is 9.47 Å². The number of carbonyl (C=O) groups is 1. The summed E-state index contributed by atoms with van der Waals surface area (Å²) in [6, 6.07) is 5.91. The molecule has 1 N–H and O–H groups in total. The Morgan fingerprint density at radius 1 is 1.35 bits per heavy atom. The van der Waals surface area contributed by atoms with Gasteiger partial charge in [-0.1, -0.05) is 22.9 Å². The van der Waals surface area contributed by atoms with Crippen LogP contribution in [0.3, 0.4) is 0 Å². The molecular formula is C15H22BrNO3. The van der Waals surface area contributed by atoms with Crippen LogP contribution in [-0.4, -0.2) is 24.8 Å². The van der Waals surface area contributed by atoms with Crippen LogP contribution in [0.1, 0.15) is 33.3 Å². The summed E-state index contributed by atoms with van der Waals surface area (Å²) in [4.78, 5) is 11.4. The van der Waals surface area contributed by atoms with E-state index < -0.39 is 11.7 Å². The number of amides is 1. The molecule has 112 valence electrons. The smallest absolute Gasteiger partial charge is 0.407 e. The lowest BCUT2D eigenvalue weighted by Crippen LogP contribution is -2.34. The van der Waals surface area contributed by atoms with Gasteiger partial charge in [0, 0.05) is 4.47 Å². The van der Waals surface area contributed by atoms with Gasteiger partial charge in [-0.25, -0.2) is 4.79 Å². The molecule has 5 heteroatoms. The topological polar surface area (TPSA) is 47.6 Å². The molecule has 0 fully saturated rings. The van der Waals surface area contributed by atoms with E-state index in [-0.39, 0.29) is 0 Å². The fraction of sp³-hybridized carbons (Fsp3) is 0.533. The van der Waals surface area contributed by atoms with Crippen molar-refractivity contribution in [3.63, 3.8) is 0 Å². The third-order valence-corrected chi connectivity index (χ3v) is 2.92. The van der Waals surface area contributed by atoms with E-state index in [1.165, 1.54) is 0 Å². The Morgan fingerprint density at radius 2 is 2.05 bits per heavy atom. The maximum absolute atomic E-state index is 11.4. The molecule has 1 aromatic rings. The zero-order valence-corrected chi connectivity index (χ0v) is 14.0. The summed E-state index contributed by atoms with van der Waals surface area (Å²) in [5.41, 5.74) is 0.656. The molecule has 0 bridgehead atoms. The standard InChI is InChI=1S/C15H22BrNO3/c1-5-11-10-12(16)6-7-13(11)19-9-8-17-14(18)20-15(2,3)4/h6-7,10H,5,8-9H2,1-4H3,(H,17,18). The lowest BCUT2D eigenvalue weighted by atomic mass is 10.1. The summed E-state index contributed by atoms with van der Waals surface area (Å²) in [5, 5.41) is 2.66. The number of ether oxygens (including phenoxy) is 2. The van der Waals surface area contributed by atoms with Gasteiger partial charge in [-0.05, 0) is 51.0 Å². The van der Waals surface area contributed by atoms with Crippen LogP contribution in [0.25, 0.3) is 0 Å². The van der Waals surface area contributed by atoms with Crippen LogP contribution in [-0.2, 0) is 11.2 Å². The van der Waals surface area contributed by atoms with Crippen molar-refractivity contribution in [1.29, 1.82) is 0 Å². The van der Waals surface area contributed by atoms with Crippen molar-refractivity contribution >= 4 is 22.0 Å². The largest absolute Gasteiger partial charge is 0.491 e. The van der Waals surface area contributed by atoms with E-state index in [2.05, 4.69) is 28.2 Å². The van der Waals surface area contributed by atoms with Crippen LogP contribution in [0.2, 0.25) is 0 Å². The maximum Gasteiger partial charge on any atom is 0.407 e. The Bertz CT molecular complexity index is 455. The lowest BCUT2D eigenvalue weighted by Gasteiger charge is -2.19. The van der Waals surface area contributed by atoms with Gasteiger partial charge in [0.15, 0.2) is 0 Å². The SMILES string of the molecule is CCc1cc(Br)ccc1OCCNC(=O)OC(C)(C)C. The number of benzene rings is 1. The molecule has 0 heterocycles. The van der Waals surface area contributed by atoms with Gasteiger partial charge in [-0.3, -0.25) is 0 Å². The molecule has 1 rings (SSSR count). The number of hydrogen-bond acceptors (Lipinski definition) is 3. The second-order valence-corrected chi connectivity index (χ2v) is 6.30. The minimum Gasteiger partial charge on any atom is -0.491 e. The molecule has 0 saturated carbocycles. The van der Waals surface area contributed by atoms with E-state index in [1.54, 1.807) is 0 Å². The third kappa shape index (κ3) is 6.28. The molecule has 4 nitrogen and oxygen atoms in total. The van der Waals surface area contributed by atoms with Crippen LogP contribution in [0, 0.1) is 0 Å². The van der Waals surface area contributed by atoms with Gasteiger partial charge in [0.1, 0.15) is 18.0 Å². The van der Waals surface area contributed by atoms with Crippen LogP contribution in [0.15, 0.2) is 22.7 Å². The Labute approximate surface area is 129 Å². The van der Waals surface area contributed by atoms with Gasteiger partial charge in [0.2, 0.25) is 0 Å². The molecule has 0 aromatic heterocycles. The van der Waals surface area contributed by atoms with Crippen molar-refractivity contribution in [3.8, 4) is 5.75 Å². The minimum atomic E-state index is -0.480. The maximum atomic E-state index is 11.4. The normalized spacial score (nSPS) is 11.1. The van der Waals surface area contributed by atoms with Crippen LogP contribution in [0.5, 0.6) is 5.75 Å². The monoisotopic (exact) mass is 343 g/mol. The number of rotatable bonds is 5. The van der Waals surface area contributed by atoms with Crippen molar-refractivity contribution in [2.24, 2.45) is 0 Å². The predicted octanol–water partition coefficient (Wildman–Crippen LogP) is 3.92. The van der Waals surface area contributed by atoms with Gasteiger partial charge in [0.25, 0.3) is 0 Å². The molecule has 0 spiro atoms. The Hall–Kier alpha value is -1.23. The van der Waals surface area contributed by atoms with E-state index >= 15 is 0 Å². The first-order valence-corrected chi connectivity index (χ1v) is 7.49. The van der Waals surface area contributed by atoms with Gasteiger partial charge >= 0.3 is 6.09 Å². The molecule has 20 heavy (non-hydrogen) atoms. The third-order valence-electron chi connectivity index (χ3n) is 2.43. The van der Waals surface area contributed by atoms with Crippen LogP contribution >= 0.6 is 15.9 Å². The number of nitrogens with one attached hydrogen (secondary N) is 1.